The molecule has 122 valence electrons. The average molecular weight is 313 g/mol. The summed E-state index contributed by atoms with van der Waals surface area (Å²) in [5.74, 6) is -0.0161. The number of ether oxygens (including phenoxy) is 1. The summed E-state index contributed by atoms with van der Waals surface area (Å²) in [6, 6.07) is 16.4. The summed E-state index contributed by atoms with van der Waals surface area (Å²) in [7, 11) is 1.51. The van der Waals surface area contributed by atoms with Crippen LogP contribution in [0.2, 0.25) is 0 Å². The highest BCUT2D eigenvalue weighted by atomic mass is 16.5. The van der Waals surface area contributed by atoms with Crippen molar-refractivity contribution >= 4 is 5.91 Å². The molecular weight excluding hydrogens is 290 g/mol. The van der Waals surface area contributed by atoms with Gasteiger partial charge in [0.05, 0.1) is 6.04 Å². The molecule has 0 saturated heterocycles. The first kappa shape index (κ1) is 17.0. The van der Waals surface area contributed by atoms with Crippen molar-refractivity contribution in [1.82, 2.24) is 5.32 Å². The van der Waals surface area contributed by atoms with Gasteiger partial charge in [0.2, 0.25) is 0 Å². The lowest BCUT2D eigenvalue weighted by molar-refractivity contribution is -0.132. The lowest BCUT2D eigenvalue weighted by Gasteiger charge is -2.22. The topological polar surface area (TPSA) is 58.6 Å². The van der Waals surface area contributed by atoms with E-state index in [0.29, 0.717) is 5.56 Å². The number of amides is 1. The van der Waals surface area contributed by atoms with Crippen LogP contribution in [0.25, 0.3) is 0 Å². The molecular formula is C19H23NO3. The van der Waals surface area contributed by atoms with Crippen LogP contribution in [-0.4, -0.2) is 18.1 Å². The molecule has 0 spiro atoms. The molecule has 2 N–H and O–H groups in total. The fourth-order valence-electron chi connectivity index (χ4n) is 2.59. The predicted molar refractivity (Wildman–Crippen MR) is 90.1 cm³/mol. The number of carbonyl (C=O) groups is 1. The molecule has 0 aliphatic carbocycles. The highest BCUT2D eigenvalue weighted by Crippen LogP contribution is 2.23. The molecule has 1 amide bonds. The number of hydrogen-bond donors (Lipinski definition) is 2. The molecule has 2 atom stereocenters. The first-order chi connectivity index (χ1) is 11.2. The zero-order chi connectivity index (χ0) is 16.7. The van der Waals surface area contributed by atoms with Crippen LogP contribution in [0.4, 0.5) is 0 Å². The molecule has 0 aromatic heterocycles. The monoisotopic (exact) mass is 313 g/mol. The van der Waals surface area contributed by atoms with E-state index in [1.54, 1.807) is 24.3 Å². The predicted octanol–water partition coefficient (Wildman–Crippen LogP) is 3.74. The van der Waals surface area contributed by atoms with Gasteiger partial charge in [-0.2, -0.15) is 0 Å². The van der Waals surface area contributed by atoms with E-state index in [2.05, 4.69) is 12.2 Å². The van der Waals surface area contributed by atoms with E-state index in [0.717, 1.165) is 18.4 Å². The van der Waals surface area contributed by atoms with E-state index in [1.807, 2.05) is 30.3 Å². The Balaban J connectivity index is 2.14. The van der Waals surface area contributed by atoms with Crippen LogP contribution < -0.4 is 5.32 Å². The van der Waals surface area contributed by atoms with E-state index >= 15 is 0 Å². The number of phenols is 1. The van der Waals surface area contributed by atoms with Gasteiger partial charge >= 0.3 is 0 Å². The molecule has 0 fully saturated rings. The van der Waals surface area contributed by atoms with Gasteiger partial charge < -0.3 is 15.2 Å². The Kier molecular flexibility index (Phi) is 6.18. The number of nitrogens with one attached hydrogen (secondary N) is 1. The van der Waals surface area contributed by atoms with Crippen molar-refractivity contribution in [3.63, 3.8) is 0 Å². The van der Waals surface area contributed by atoms with Crippen LogP contribution in [-0.2, 0) is 9.53 Å². The summed E-state index contributed by atoms with van der Waals surface area (Å²) in [6.07, 6.45) is 1.14. The summed E-state index contributed by atoms with van der Waals surface area (Å²) in [6.45, 7) is 2.09. The Morgan fingerprint density at radius 3 is 2.30 bits per heavy atom. The van der Waals surface area contributed by atoms with Crippen molar-refractivity contribution in [2.24, 2.45) is 0 Å². The Bertz CT molecular complexity index is 610. The van der Waals surface area contributed by atoms with Crippen LogP contribution in [0.3, 0.4) is 0 Å². The van der Waals surface area contributed by atoms with E-state index in [4.69, 9.17) is 4.74 Å². The Labute approximate surface area is 137 Å². The molecule has 2 aromatic carbocycles. The fraction of sp³-hybridized carbons (Fsp3) is 0.316. The Morgan fingerprint density at radius 2 is 1.74 bits per heavy atom. The lowest BCUT2D eigenvalue weighted by atomic mass is 10.0. The number of aromatic hydroxyl groups is 1. The number of methoxy groups -OCH3 is 1. The van der Waals surface area contributed by atoms with Crippen LogP contribution in [0.1, 0.15) is 43.0 Å². The highest BCUT2D eigenvalue weighted by molar-refractivity contribution is 5.82. The molecule has 0 radical (unpaired) electrons. The smallest absolute Gasteiger partial charge is 0.254 e. The molecule has 4 heteroatoms. The molecule has 4 nitrogen and oxygen atoms in total. The van der Waals surface area contributed by atoms with Gasteiger partial charge in [0.25, 0.3) is 5.91 Å². The minimum Gasteiger partial charge on any atom is -0.508 e. The number of benzene rings is 2. The second kappa shape index (κ2) is 8.34. The van der Waals surface area contributed by atoms with E-state index < -0.39 is 6.10 Å². The zero-order valence-electron chi connectivity index (χ0n) is 13.5. The number of carbonyl (C=O) groups excluding carboxylic acids is 1. The maximum absolute atomic E-state index is 12.6. The van der Waals surface area contributed by atoms with Crippen molar-refractivity contribution in [3.8, 4) is 5.75 Å². The lowest BCUT2D eigenvalue weighted by Crippen LogP contribution is -2.33. The van der Waals surface area contributed by atoms with Crippen molar-refractivity contribution in [3.05, 3.63) is 65.7 Å². The zero-order valence-corrected chi connectivity index (χ0v) is 13.5. The van der Waals surface area contributed by atoms with E-state index in [9.17, 15) is 9.90 Å². The number of hydrogen-bond acceptors (Lipinski definition) is 3. The molecule has 0 aliphatic heterocycles. The molecule has 0 unspecified atom stereocenters. The maximum atomic E-state index is 12.6. The molecule has 0 heterocycles. The second-order valence-corrected chi connectivity index (χ2v) is 5.47. The van der Waals surface area contributed by atoms with Crippen molar-refractivity contribution in [2.75, 3.05) is 7.11 Å². The van der Waals surface area contributed by atoms with Crippen LogP contribution in [0.15, 0.2) is 54.6 Å². The maximum Gasteiger partial charge on any atom is 0.254 e. The average Bonchev–Trinajstić information content (AvgIpc) is 2.57. The fourth-order valence-corrected chi connectivity index (χ4v) is 2.59. The van der Waals surface area contributed by atoms with Gasteiger partial charge in [0.1, 0.15) is 5.75 Å². The van der Waals surface area contributed by atoms with Crippen LogP contribution in [0.5, 0.6) is 5.75 Å². The normalized spacial score (nSPS) is 13.3. The van der Waals surface area contributed by atoms with Gasteiger partial charge in [-0.15, -0.1) is 0 Å². The standard InChI is InChI=1S/C19H23NO3/c1-3-7-17(14-8-5-4-6-9-14)20-19(22)18(23-2)15-10-12-16(21)13-11-15/h4-6,8-13,17-18,21H,3,7H2,1-2H3,(H,20,22)/t17-,18-/m0/s1. The molecule has 0 saturated carbocycles. The first-order valence-electron chi connectivity index (χ1n) is 7.82. The quantitative estimate of drug-likeness (QED) is 0.818. The van der Waals surface area contributed by atoms with Gasteiger partial charge in [-0.3, -0.25) is 4.79 Å². The summed E-state index contributed by atoms with van der Waals surface area (Å²) in [5, 5.41) is 12.4. The molecule has 0 aliphatic rings. The van der Waals surface area contributed by atoms with Gasteiger partial charge in [0.15, 0.2) is 6.10 Å². The van der Waals surface area contributed by atoms with Gasteiger partial charge in [-0.25, -0.2) is 0 Å². The molecule has 2 aromatic rings. The first-order valence-corrected chi connectivity index (χ1v) is 7.82. The number of rotatable bonds is 7. The largest absolute Gasteiger partial charge is 0.508 e. The van der Waals surface area contributed by atoms with E-state index in [-0.39, 0.29) is 17.7 Å². The molecule has 23 heavy (non-hydrogen) atoms. The van der Waals surface area contributed by atoms with Gasteiger partial charge in [-0.05, 0) is 29.7 Å². The van der Waals surface area contributed by atoms with Crippen molar-refractivity contribution in [2.45, 2.75) is 31.9 Å². The third-order valence-electron chi connectivity index (χ3n) is 3.77. The minimum absolute atomic E-state index is 0.0385. The summed E-state index contributed by atoms with van der Waals surface area (Å²) < 4.78 is 5.36. The Hall–Kier alpha value is -2.33. The summed E-state index contributed by atoms with van der Waals surface area (Å²) >= 11 is 0. The van der Waals surface area contributed by atoms with Gasteiger partial charge in [-0.1, -0.05) is 55.8 Å². The third kappa shape index (κ3) is 4.57. The number of phenolic OH excluding ortho intramolecular Hbond substituents is 1. The van der Waals surface area contributed by atoms with Crippen molar-refractivity contribution < 1.29 is 14.6 Å². The van der Waals surface area contributed by atoms with Gasteiger partial charge in [0, 0.05) is 7.11 Å². The van der Waals surface area contributed by atoms with Crippen molar-refractivity contribution in [1.29, 1.82) is 0 Å². The third-order valence-corrected chi connectivity index (χ3v) is 3.77. The van der Waals surface area contributed by atoms with E-state index in [1.165, 1.54) is 7.11 Å². The minimum atomic E-state index is -0.696. The second-order valence-electron chi connectivity index (χ2n) is 5.47. The Morgan fingerprint density at radius 1 is 1.09 bits per heavy atom. The SMILES string of the molecule is CCC[C@H](NC(=O)[C@@H](OC)c1ccc(O)cc1)c1ccccc1. The summed E-state index contributed by atoms with van der Waals surface area (Å²) in [4.78, 5) is 12.6. The highest BCUT2D eigenvalue weighted by Gasteiger charge is 2.23. The van der Waals surface area contributed by atoms with Crippen LogP contribution >= 0.6 is 0 Å². The van der Waals surface area contributed by atoms with Crippen LogP contribution in [0, 0.1) is 0 Å². The molecule has 0 bridgehead atoms. The summed E-state index contributed by atoms with van der Waals surface area (Å²) in [5.41, 5.74) is 1.80. The molecule has 2 rings (SSSR count).